The van der Waals surface area contributed by atoms with Crippen LogP contribution >= 0.6 is 0 Å². The molecule has 1 aromatic heterocycles. The Kier molecular flexibility index (Phi) is 5.98. The minimum Gasteiger partial charge on any atom is -0.215 e. The number of aromatic nitrogens is 1. The number of nitrogens with one attached hydrogen (secondary N) is 1. The number of hydrogen-bond donors (Lipinski definition) is 1. The summed E-state index contributed by atoms with van der Waals surface area (Å²) in [4.78, 5) is 0. The van der Waals surface area contributed by atoms with E-state index in [-0.39, 0.29) is 0 Å². The molecule has 4 nitrogen and oxygen atoms in total. The van der Waals surface area contributed by atoms with E-state index < -0.39 is 10.0 Å². The monoisotopic (exact) mass is 495 g/mol. The number of benzene rings is 3. The maximum Gasteiger partial charge on any atom is 0.217 e. The summed E-state index contributed by atoms with van der Waals surface area (Å²) in [5.74, 6) is 0. The Morgan fingerprint density at radius 1 is 0.722 bits per heavy atom. The zero-order chi connectivity index (χ0) is 24.7. The minimum absolute atomic E-state index is 0.430. The van der Waals surface area contributed by atoms with Crippen LogP contribution < -0.4 is 9.29 Å². The maximum absolute atomic E-state index is 11.7. The van der Waals surface area contributed by atoms with Crippen molar-refractivity contribution in [2.24, 2.45) is 0 Å². The van der Waals surface area contributed by atoms with Crippen LogP contribution in [0.25, 0.3) is 33.6 Å². The molecule has 0 saturated carbocycles. The molecule has 5 heteroatoms. The summed E-state index contributed by atoms with van der Waals surface area (Å²) in [5, 5.41) is 0. The first-order valence-corrected chi connectivity index (χ1v) is 14.7. The second kappa shape index (κ2) is 9.30. The number of fused-ring (bicyclic) bond motifs is 6. The highest BCUT2D eigenvalue weighted by Gasteiger charge is 2.37. The van der Waals surface area contributed by atoms with Gasteiger partial charge in [-0.25, -0.2) is 13.1 Å². The van der Waals surface area contributed by atoms with Gasteiger partial charge in [-0.2, -0.15) is 4.57 Å². The van der Waals surface area contributed by atoms with Crippen molar-refractivity contribution < 1.29 is 13.0 Å². The zero-order valence-electron chi connectivity index (χ0n) is 20.6. The molecule has 0 atom stereocenters. The van der Waals surface area contributed by atoms with Gasteiger partial charge in [0.05, 0.1) is 6.26 Å². The summed E-state index contributed by atoms with van der Waals surface area (Å²) < 4.78 is 28.6. The summed E-state index contributed by atoms with van der Waals surface area (Å²) in [6.07, 6.45) is 6.04. The molecule has 2 aliphatic rings. The summed E-state index contributed by atoms with van der Waals surface area (Å²) >= 11 is 0. The van der Waals surface area contributed by atoms with Crippen molar-refractivity contribution >= 4 is 10.0 Å². The van der Waals surface area contributed by atoms with Gasteiger partial charge in [-0.1, -0.05) is 66.7 Å². The van der Waals surface area contributed by atoms with Gasteiger partial charge in [-0.05, 0) is 54.5 Å². The zero-order valence-corrected chi connectivity index (χ0v) is 21.4. The van der Waals surface area contributed by atoms with Crippen LogP contribution in [-0.4, -0.2) is 21.2 Å². The van der Waals surface area contributed by atoms with E-state index in [1.807, 2.05) is 0 Å². The predicted molar refractivity (Wildman–Crippen MR) is 145 cm³/mol. The molecule has 0 aliphatic heterocycles. The van der Waals surface area contributed by atoms with Gasteiger partial charge >= 0.3 is 0 Å². The Hall–Kier alpha value is -3.28. The Bertz CT molecular complexity index is 1480. The van der Waals surface area contributed by atoms with E-state index >= 15 is 0 Å². The van der Waals surface area contributed by atoms with Crippen molar-refractivity contribution in [1.29, 1.82) is 0 Å². The van der Waals surface area contributed by atoms with Gasteiger partial charge in [0.1, 0.15) is 0 Å². The summed E-state index contributed by atoms with van der Waals surface area (Å²) in [7, 11) is -3.21. The molecule has 182 valence electrons. The molecule has 1 heterocycles. The smallest absolute Gasteiger partial charge is 0.215 e. The number of sulfonamides is 1. The number of nitrogens with zero attached hydrogens (tertiary/aromatic N) is 1. The van der Waals surface area contributed by atoms with Crippen LogP contribution in [0.2, 0.25) is 0 Å². The van der Waals surface area contributed by atoms with E-state index in [1.54, 1.807) is 0 Å². The summed E-state index contributed by atoms with van der Waals surface area (Å²) in [5.41, 5.74) is 13.5. The van der Waals surface area contributed by atoms with Gasteiger partial charge in [0, 0.05) is 40.8 Å². The van der Waals surface area contributed by atoms with Crippen molar-refractivity contribution in [1.82, 2.24) is 4.72 Å². The fraction of sp³-hybridized carbons (Fsp3) is 0.258. The largest absolute Gasteiger partial charge is 0.217 e. The molecule has 1 N–H and O–H groups in total. The van der Waals surface area contributed by atoms with Crippen LogP contribution in [0.3, 0.4) is 0 Å². The molecule has 0 unspecified atom stereocenters. The van der Waals surface area contributed by atoms with Crippen molar-refractivity contribution in [2.45, 2.75) is 38.6 Å². The van der Waals surface area contributed by atoms with Crippen molar-refractivity contribution in [3.63, 3.8) is 0 Å². The van der Waals surface area contributed by atoms with E-state index in [0.717, 1.165) is 38.6 Å². The molecule has 6 rings (SSSR count). The molecule has 0 radical (unpaired) electrons. The fourth-order valence-electron chi connectivity index (χ4n) is 6.09. The Morgan fingerprint density at radius 2 is 1.25 bits per heavy atom. The van der Waals surface area contributed by atoms with Gasteiger partial charge in [-0.15, -0.1) is 0 Å². The molecular formula is C31H31N2O2S+. The first-order valence-electron chi connectivity index (χ1n) is 12.8. The molecule has 36 heavy (non-hydrogen) atoms. The van der Waals surface area contributed by atoms with Gasteiger partial charge in [0.2, 0.25) is 21.4 Å². The quantitative estimate of drug-likeness (QED) is 0.298. The topological polar surface area (TPSA) is 50.1 Å². The fourth-order valence-corrected chi connectivity index (χ4v) is 6.60. The molecule has 3 aromatic carbocycles. The van der Waals surface area contributed by atoms with Crippen LogP contribution in [0, 0.1) is 0 Å². The third-order valence-corrected chi connectivity index (χ3v) is 8.26. The molecule has 0 spiro atoms. The van der Waals surface area contributed by atoms with E-state index in [2.05, 4.69) is 88.2 Å². The molecule has 2 aliphatic carbocycles. The number of rotatable bonds is 6. The van der Waals surface area contributed by atoms with Gasteiger partial charge in [-0.3, -0.25) is 0 Å². The lowest BCUT2D eigenvalue weighted by molar-refractivity contribution is -0.676. The van der Waals surface area contributed by atoms with Crippen LogP contribution in [-0.2, 0) is 42.3 Å². The molecule has 4 aromatic rings. The maximum atomic E-state index is 11.7. The van der Waals surface area contributed by atoms with Crippen LogP contribution in [0.15, 0.2) is 78.9 Å². The first-order chi connectivity index (χ1) is 17.5. The first kappa shape index (κ1) is 23.1. The molecule has 0 fully saturated rings. The lowest BCUT2D eigenvalue weighted by Crippen LogP contribution is -2.44. The van der Waals surface area contributed by atoms with E-state index in [9.17, 15) is 8.42 Å². The summed E-state index contributed by atoms with van der Waals surface area (Å²) in [6, 6.07) is 28.4. The van der Waals surface area contributed by atoms with E-state index in [0.29, 0.717) is 6.54 Å². The lowest BCUT2D eigenvalue weighted by atomic mass is 9.77. The Balaban J connectivity index is 1.64. The van der Waals surface area contributed by atoms with Crippen molar-refractivity contribution in [3.05, 3.63) is 101 Å². The van der Waals surface area contributed by atoms with Crippen LogP contribution in [0.4, 0.5) is 0 Å². The van der Waals surface area contributed by atoms with Crippen molar-refractivity contribution in [2.75, 3.05) is 12.8 Å². The standard InChI is InChI=1S/C31H31N2O2S/c1-36(34,35)32-20-9-21-33-30-25-14-7-5-10-22(25)16-18-27(30)29(24-12-3-2-4-13-24)28-19-17-23-11-6-8-15-26(23)31(28)33/h2-8,10-15,32H,9,16-21H2,1H3/q+1. The highest BCUT2D eigenvalue weighted by Crippen LogP contribution is 2.44. The van der Waals surface area contributed by atoms with Gasteiger partial charge in [0.15, 0.2) is 6.54 Å². The third kappa shape index (κ3) is 4.16. The minimum atomic E-state index is -3.21. The molecule has 0 saturated heterocycles. The van der Waals surface area contributed by atoms with E-state index in [4.69, 9.17) is 0 Å². The van der Waals surface area contributed by atoms with E-state index in [1.165, 1.54) is 62.2 Å². The molecular weight excluding hydrogens is 464 g/mol. The molecule has 0 amide bonds. The average Bonchev–Trinajstić information content (AvgIpc) is 2.90. The SMILES string of the molecule is CS(=O)(=O)NCCC[n+]1c2c(c(-c3ccccc3)c3c1-c1ccccc1CC3)CCc1ccccc1-2. The second-order valence-electron chi connectivity index (χ2n) is 9.88. The van der Waals surface area contributed by atoms with Crippen LogP contribution in [0.5, 0.6) is 0 Å². The van der Waals surface area contributed by atoms with Gasteiger partial charge < -0.3 is 0 Å². The Morgan fingerprint density at radius 3 is 1.81 bits per heavy atom. The third-order valence-electron chi connectivity index (χ3n) is 7.53. The van der Waals surface area contributed by atoms with Gasteiger partial charge in [0.25, 0.3) is 0 Å². The van der Waals surface area contributed by atoms with Crippen LogP contribution in [0.1, 0.15) is 28.7 Å². The number of hydrogen-bond acceptors (Lipinski definition) is 2. The predicted octanol–water partition coefficient (Wildman–Crippen LogP) is 5.11. The molecule has 0 bridgehead atoms. The number of pyridine rings is 1. The summed E-state index contributed by atoms with van der Waals surface area (Å²) in [6.45, 7) is 1.18. The normalized spacial score (nSPS) is 13.9. The van der Waals surface area contributed by atoms with Crippen molar-refractivity contribution in [3.8, 4) is 33.6 Å². The lowest BCUT2D eigenvalue weighted by Gasteiger charge is -2.28. The second-order valence-corrected chi connectivity index (χ2v) is 11.7. The number of aryl methyl sites for hydroxylation is 2. The highest BCUT2D eigenvalue weighted by molar-refractivity contribution is 7.88. The Labute approximate surface area is 213 Å². The highest BCUT2D eigenvalue weighted by atomic mass is 32.2. The average molecular weight is 496 g/mol.